The maximum absolute atomic E-state index is 9.43. The highest BCUT2D eigenvalue weighted by atomic mass is 16.5. The highest BCUT2D eigenvalue weighted by molar-refractivity contribution is 6.04. The molecule has 5 rings (SSSR count). The molecule has 6 nitrogen and oxygen atoms in total. The van der Waals surface area contributed by atoms with Crippen molar-refractivity contribution in [3.8, 4) is 28.6 Å². The summed E-state index contributed by atoms with van der Waals surface area (Å²) in [5, 5.41) is 19.2. The number of hydrogen-bond donors (Lipinski definition) is 1. The summed E-state index contributed by atoms with van der Waals surface area (Å²) >= 11 is 0. The average molecular weight is 419 g/mol. The van der Waals surface area contributed by atoms with Gasteiger partial charge in [-0.2, -0.15) is 5.26 Å². The molecule has 0 saturated carbocycles. The largest absolute Gasteiger partial charge is 0.497 e. The second-order valence-corrected chi connectivity index (χ2v) is 7.79. The molecule has 0 atom stereocenters. The van der Waals surface area contributed by atoms with Crippen LogP contribution in [0.25, 0.3) is 38.8 Å². The van der Waals surface area contributed by atoms with E-state index in [1.165, 1.54) is 0 Å². The summed E-state index contributed by atoms with van der Waals surface area (Å²) in [5.41, 5.74) is 7.36. The molecule has 0 amide bonds. The third kappa shape index (κ3) is 2.95. The van der Waals surface area contributed by atoms with Crippen LogP contribution in [0.15, 0.2) is 66.9 Å². The minimum Gasteiger partial charge on any atom is -0.497 e. The van der Waals surface area contributed by atoms with Crippen molar-refractivity contribution < 1.29 is 4.74 Å². The lowest BCUT2D eigenvalue weighted by Gasteiger charge is -2.11. The molecular formula is C26H21N5O. The number of methoxy groups -OCH3 is 1. The predicted octanol–water partition coefficient (Wildman–Crippen LogP) is 4.85. The Morgan fingerprint density at radius 2 is 1.84 bits per heavy atom. The lowest BCUT2D eigenvalue weighted by molar-refractivity contribution is 0.415. The molecule has 0 bridgehead atoms. The van der Waals surface area contributed by atoms with Crippen molar-refractivity contribution in [2.75, 3.05) is 7.11 Å². The Labute approximate surface area is 185 Å². The number of nitrogens with zero attached hydrogens (tertiary/aromatic N) is 4. The Morgan fingerprint density at radius 3 is 2.62 bits per heavy atom. The minimum absolute atomic E-state index is 0.319. The Morgan fingerprint density at radius 1 is 1.03 bits per heavy atom. The van der Waals surface area contributed by atoms with E-state index in [-0.39, 0.29) is 0 Å². The fourth-order valence-corrected chi connectivity index (χ4v) is 4.16. The van der Waals surface area contributed by atoms with Gasteiger partial charge in [0.25, 0.3) is 0 Å². The second-order valence-electron chi connectivity index (χ2n) is 7.79. The van der Waals surface area contributed by atoms with Gasteiger partial charge < -0.3 is 9.30 Å². The summed E-state index contributed by atoms with van der Waals surface area (Å²) in [6.45, 7) is 1.99. The van der Waals surface area contributed by atoms with Crippen molar-refractivity contribution in [1.82, 2.24) is 14.1 Å². The molecular weight excluding hydrogens is 398 g/mol. The van der Waals surface area contributed by atoms with E-state index < -0.39 is 0 Å². The number of aromatic nitrogens is 3. The van der Waals surface area contributed by atoms with Crippen molar-refractivity contribution in [3.63, 3.8) is 0 Å². The van der Waals surface area contributed by atoms with Gasteiger partial charge in [-0.3, -0.25) is 15.0 Å². The third-order valence-electron chi connectivity index (χ3n) is 5.92. The quantitative estimate of drug-likeness (QED) is 0.454. The van der Waals surface area contributed by atoms with Crippen LogP contribution >= 0.6 is 0 Å². The molecule has 0 unspecified atom stereocenters. The Kier molecular flexibility index (Phi) is 4.53. The van der Waals surface area contributed by atoms with E-state index in [4.69, 9.17) is 10.1 Å². The van der Waals surface area contributed by atoms with E-state index in [0.29, 0.717) is 11.2 Å². The van der Waals surface area contributed by atoms with Gasteiger partial charge in [0, 0.05) is 12.4 Å². The molecule has 6 heteroatoms. The summed E-state index contributed by atoms with van der Waals surface area (Å²) in [7, 11) is 3.53. The first-order valence-corrected chi connectivity index (χ1v) is 10.2. The highest BCUT2D eigenvalue weighted by Crippen LogP contribution is 2.31. The van der Waals surface area contributed by atoms with Gasteiger partial charge >= 0.3 is 0 Å². The molecule has 0 aliphatic carbocycles. The van der Waals surface area contributed by atoms with E-state index in [1.807, 2.05) is 71.6 Å². The number of benzene rings is 3. The number of pyridine rings is 1. The zero-order valence-electron chi connectivity index (χ0n) is 18.0. The summed E-state index contributed by atoms with van der Waals surface area (Å²) in [6.07, 6.45) is 1.81. The molecule has 0 radical (unpaired) electrons. The van der Waals surface area contributed by atoms with Crippen LogP contribution in [0, 0.1) is 23.7 Å². The van der Waals surface area contributed by atoms with Crippen LogP contribution in [0.4, 0.5) is 0 Å². The fraction of sp³-hybridized carbons (Fsp3) is 0.115. The van der Waals surface area contributed by atoms with Gasteiger partial charge in [0.05, 0.1) is 47.2 Å². The molecule has 0 fully saturated rings. The molecule has 1 N–H and O–H groups in total. The van der Waals surface area contributed by atoms with Crippen LogP contribution in [0.3, 0.4) is 0 Å². The number of nitrogens with one attached hydrogen (secondary N) is 1. The number of ether oxygens (including phenoxy) is 1. The molecule has 0 aliphatic rings. The number of rotatable bonds is 3. The van der Waals surface area contributed by atoms with Crippen LogP contribution in [0.1, 0.15) is 11.1 Å². The first-order chi connectivity index (χ1) is 15.5. The zero-order chi connectivity index (χ0) is 22.4. The second kappa shape index (κ2) is 7.40. The van der Waals surface area contributed by atoms with Gasteiger partial charge in [0.15, 0.2) is 0 Å². The van der Waals surface area contributed by atoms with E-state index >= 15 is 0 Å². The topological polar surface area (TPSA) is 79.6 Å². The summed E-state index contributed by atoms with van der Waals surface area (Å²) in [4.78, 5) is 4.65. The van der Waals surface area contributed by atoms with Crippen molar-refractivity contribution in [1.29, 1.82) is 10.7 Å². The van der Waals surface area contributed by atoms with E-state index in [9.17, 15) is 5.26 Å². The zero-order valence-corrected chi connectivity index (χ0v) is 18.0. The highest BCUT2D eigenvalue weighted by Gasteiger charge is 2.17. The predicted molar refractivity (Wildman–Crippen MR) is 125 cm³/mol. The number of hydrogen-bond acceptors (Lipinski definition) is 4. The number of aryl methyl sites for hydroxylation is 2. The van der Waals surface area contributed by atoms with Gasteiger partial charge in [0.1, 0.15) is 5.75 Å². The van der Waals surface area contributed by atoms with Gasteiger partial charge in [-0.25, -0.2) is 0 Å². The summed E-state index contributed by atoms with van der Waals surface area (Å²) in [6, 6.07) is 21.9. The maximum atomic E-state index is 9.43. The molecule has 2 heterocycles. The Balaban J connectivity index is 1.88. The van der Waals surface area contributed by atoms with Crippen LogP contribution < -0.4 is 10.4 Å². The third-order valence-corrected chi connectivity index (χ3v) is 5.92. The molecule has 0 saturated heterocycles. The smallest absolute Gasteiger partial charge is 0.207 e. The van der Waals surface area contributed by atoms with Crippen LogP contribution in [0.5, 0.6) is 5.75 Å². The van der Waals surface area contributed by atoms with Crippen LogP contribution in [0.2, 0.25) is 0 Å². The summed E-state index contributed by atoms with van der Waals surface area (Å²) < 4.78 is 9.12. The molecule has 2 aromatic heterocycles. The Hall–Kier alpha value is -4.37. The lowest BCUT2D eigenvalue weighted by Crippen LogP contribution is -2.21. The van der Waals surface area contributed by atoms with Gasteiger partial charge in [-0.15, -0.1) is 0 Å². The van der Waals surface area contributed by atoms with Crippen LogP contribution in [-0.2, 0) is 7.05 Å². The molecule has 156 valence electrons. The van der Waals surface area contributed by atoms with E-state index in [1.54, 1.807) is 19.4 Å². The van der Waals surface area contributed by atoms with Gasteiger partial charge in [-0.1, -0.05) is 24.3 Å². The Bertz CT molecular complexity index is 1620. The lowest BCUT2D eigenvalue weighted by atomic mass is 10.0. The number of imidazole rings is 1. The SMILES string of the molecule is COc1cccc(-c2ccc3ncc4c(c3c2)n(-c2cc(C#N)ccc2C)c(=N)n4C)c1. The van der Waals surface area contributed by atoms with E-state index in [2.05, 4.69) is 17.1 Å². The van der Waals surface area contributed by atoms with E-state index in [0.717, 1.165) is 50.1 Å². The normalized spacial score (nSPS) is 11.1. The van der Waals surface area contributed by atoms with Crippen molar-refractivity contribution in [2.45, 2.75) is 6.92 Å². The van der Waals surface area contributed by atoms with Crippen LogP contribution in [-0.4, -0.2) is 21.2 Å². The van der Waals surface area contributed by atoms with Gasteiger partial charge in [0.2, 0.25) is 5.62 Å². The van der Waals surface area contributed by atoms with Crippen molar-refractivity contribution in [3.05, 3.63) is 83.6 Å². The first-order valence-electron chi connectivity index (χ1n) is 10.2. The van der Waals surface area contributed by atoms with Crippen molar-refractivity contribution in [2.24, 2.45) is 7.05 Å². The molecule has 5 aromatic rings. The fourth-order valence-electron chi connectivity index (χ4n) is 4.16. The molecule has 0 aliphatic heterocycles. The standard InChI is InChI=1S/C26H21N5O/c1-16-7-8-17(14-27)11-23(16)31-25-21-13-19(18-5-4-6-20(12-18)32-3)9-10-22(21)29-15-24(25)30(2)26(31)28/h4-13,15,28H,1-3H3. The molecule has 0 spiro atoms. The molecule has 32 heavy (non-hydrogen) atoms. The van der Waals surface area contributed by atoms with Gasteiger partial charge in [-0.05, 0) is 60.0 Å². The minimum atomic E-state index is 0.319. The summed E-state index contributed by atoms with van der Waals surface area (Å²) in [5.74, 6) is 0.797. The monoisotopic (exact) mass is 419 g/mol. The molecule has 3 aromatic carbocycles. The average Bonchev–Trinajstić information content (AvgIpc) is 3.09. The number of nitriles is 1. The number of fused-ring (bicyclic) bond motifs is 3. The van der Waals surface area contributed by atoms with Crippen molar-refractivity contribution >= 4 is 21.9 Å². The first kappa shape index (κ1) is 19.6. The maximum Gasteiger partial charge on any atom is 0.207 e.